The summed E-state index contributed by atoms with van der Waals surface area (Å²) in [4.78, 5) is 0. The Labute approximate surface area is 99.4 Å². The van der Waals surface area contributed by atoms with Gasteiger partial charge in [-0.2, -0.15) is 0 Å². The molecule has 1 unspecified atom stereocenters. The van der Waals surface area contributed by atoms with E-state index in [1.54, 1.807) is 0 Å². The molecule has 1 saturated heterocycles. The van der Waals surface area contributed by atoms with Crippen molar-refractivity contribution in [3.63, 3.8) is 0 Å². The molecule has 1 N–H and O–H groups in total. The molecule has 0 bridgehead atoms. The van der Waals surface area contributed by atoms with E-state index < -0.39 is 0 Å². The van der Waals surface area contributed by atoms with Crippen molar-refractivity contribution in [1.82, 2.24) is 0 Å². The zero-order valence-electron chi connectivity index (χ0n) is 10.6. The summed E-state index contributed by atoms with van der Waals surface area (Å²) in [5.41, 5.74) is 0.205. The maximum absolute atomic E-state index is 10.4. The van der Waals surface area contributed by atoms with Gasteiger partial charge < -0.3 is 9.84 Å². The molecule has 94 valence electrons. The van der Waals surface area contributed by atoms with E-state index in [0.717, 1.165) is 32.5 Å². The van der Waals surface area contributed by atoms with Gasteiger partial charge >= 0.3 is 0 Å². The lowest BCUT2D eigenvalue weighted by Gasteiger charge is -2.39. The first-order valence-corrected chi connectivity index (χ1v) is 6.96. The standard InChI is InChI=1S/C14H26O2/c1-14(7-3-2-4-8-14)13(15)11-12-5-9-16-10-6-12/h12-13,15H,2-11H2,1H3. The zero-order chi connectivity index (χ0) is 11.4. The maximum atomic E-state index is 10.4. The van der Waals surface area contributed by atoms with E-state index in [9.17, 15) is 5.11 Å². The highest BCUT2D eigenvalue weighted by Crippen LogP contribution is 2.41. The van der Waals surface area contributed by atoms with Crippen LogP contribution in [0.25, 0.3) is 0 Å². The minimum Gasteiger partial charge on any atom is -0.393 e. The summed E-state index contributed by atoms with van der Waals surface area (Å²) >= 11 is 0. The van der Waals surface area contributed by atoms with Gasteiger partial charge in [-0.3, -0.25) is 0 Å². The fourth-order valence-corrected chi connectivity index (χ4v) is 3.28. The molecule has 0 aromatic heterocycles. The first-order valence-electron chi connectivity index (χ1n) is 6.96. The SMILES string of the molecule is CC1(C(O)CC2CCOCC2)CCCCC1. The number of ether oxygens (including phenoxy) is 1. The highest BCUT2D eigenvalue weighted by Gasteiger charge is 2.35. The minimum absolute atomic E-state index is 0.0871. The molecule has 0 aromatic carbocycles. The van der Waals surface area contributed by atoms with E-state index in [-0.39, 0.29) is 11.5 Å². The number of aliphatic hydroxyl groups is 1. The van der Waals surface area contributed by atoms with Crippen molar-refractivity contribution in [3.8, 4) is 0 Å². The van der Waals surface area contributed by atoms with Crippen molar-refractivity contribution in [2.45, 2.75) is 64.4 Å². The van der Waals surface area contributed by atoms with Crippen LogP contribution >= 0.6 is 0 Å². The van der Waals surface area contributed by atoms with Crippen LogP contribution < -0.4 is 0 Å². The Morgan fingerprint density at radius 1 is 1.19 bits per heavy atom. The van der Waals surface area contributed by atoms with Crippen LogP contribution in [-0.4, -0.2) is 24.4 Å². The van der Waals surface area contributed by atoms with Gasteiger partial charge in [0.2, 0.25) is 0 Å². The van der Waals surface area contributed by atoms with Crippen molar-refractivity contribution < 1.29 is 9.84 Å². The minimum atomic E-state index is -0.0871. The van der Waals surface area contributed by atoms with Crippen molar-refractivity contribution in [1.29, 1.82) is 0 Å². The smallest absolute Gasteiger partial charge is 0.0596 e. The second kappa shape index (κ2) is 5.50. The van der Waals surface area contributed by atoms with E-state index in [4.69, 9.17) is 4.74 Å². The molecule has 1 aliphatic carbocycles. The van der Waals surface area contributed by atoms with Crippen LogP contribution in [0.1, 0.15) is 58.3 Å². The Morgan fingerprint density at radius 3 is 2.44 bits per heavy atom. The van der Waals surface area contributed by atoms with Crippen molar-refractivity contribution in [3.05, 3.63) is 0 Å². The largest absolute Gasteiger partial charge is 0.393 e. The fourth-order valence-electron chi connectivity index (χ4n) is 3.28. The second-order valence-electron chi connectivity index (χ2n) is 6.02. The van der Waals surface area contributed by atoms with Crippen molar-refractivity contribution in [2.75, 3.05) is 13.2 Å². The average molecular weight is 226 g/mol. The molecule has 2 aliphatic rings. The van der Waals surface area contributed by atoms with Gasteiger partial charge in [0.25, 0.3) is 0 Å². The molecule has 0 radical (unpaired) electrons. The van der Waals surface area contributed by atoms with Gasteiger partial charge in [-0.15, -0.1) is 0 Å². The predicted molar refractivity (Wildman–Crippen MR) is 65.4 cm³/mol. The Bertz CT molecular complexity index is 203. The van der Waals surface area contributed by atoms with Crippen LogP contribution in [0.2, 0.25) is 0 Å². The number of rotatable bonds is 3. The Hall–Kier alpha value is -0.0800. The Kier molecular flexibility index (Phi) is 4.26. The van der Waals surface area contributed by atoms with Gasteiger partial charge in [0.15, 0.2) is 0 Å². The molecule has 2 heteroatoms. The zero-order valence-corrected chi connectivity index (χ0v) is 10.6. The molecule has 16 heavy (non-hydrogen) atoms. The molecule has 0 aromatic rings. The normalized spacial score (nSPS) is 28.9. The Morgan fingerprint density at radius 2 is 1.81 bits per heavy atom. The summed E-state index contributed by atoms with van der Waals surface area (Å²) < 4.78 is 5.37. The summed E-state index contributed by atoms with van der Waals surface area (Å²) in [5, 5.41) is 10.4. The van der Waals surface area contributed by atoms with Gasteiger partial charge in [0.1, 0.15) is 0 Å². The Balaban J connectivity index is 1.83. The van der Waals surface area contributed by atoms with E-state index in [1.807, 2.05) is 0 Å². The van der Waals surface area contributed by atoms with Crippen LogP contribution in [0.15, 0.2) is 0 Å². The molecule has 1 saturated carbocycles. The second-order valence-corrected chi connectivity index (χ2v) is 6.02. The predicted octanol–water partition coefficient (Wildman–Crippen LogP) is 3.13. The van der Waals surface area contributed by atoms with E-state index >= 15 is 0 Å². The molecule has 2 rings (SSSR count). The van der Waals surface area contributed by atoms with Gasteiger partial charge in [0, 0.05) is 13.2 Å². The molecule has 2 nitrogen and oxygen atoms in total. The third-order valence-corrected chi connectivity index (χ3v) is 4.70. The first kappa shape index (κ1) is 12.4. The molecule has 1 heterocycles. The lowest BCUT2D eigenvalue weighted by molar-refractivity contribution is -0.0229. The van der Waals surface area contributed by atoms with Gasteiger partial charge in [-0.25, -0.2) is 0 Å². The molecule has 0 spiro atoms. The van der Waals surface area contributed by atoms with Crippen molar-refractivity contribution in [2.24, 2.45) is 11.3 Å². The van der Waals surface area contributed by atoms with E-state index in [0.29, 0.717) is 5.92 Å². The summed E-state index contributed by atoms with van der Waals surface area (Å²) in [7, 11) is 0. The highest BCUT2D eigenvalue weighted by atomic mass is 16.5. The molecule has 0 amide bonds. The van der Waals surface area contributed by atoms with Crippen LogP contribution in [-0.2, 0) is 4.74 Å². The van der Waals surface area contributed by atoms with Crippen LogP contribution in [0.5, 0.6) is 0 Å². The molecule has 2 fully saturated rings. The lowest BCUT2D eigenvalue weighted by Crippen LogP contribution is -2.36. The van der Waals surface area contributed by atoms with Gasteiger partial charge in [-0.1, -0.05) is 26.2 Å². The molecular formula is C14H26O2. The summed E-state index contributed by atoms with van der Waals surface area (Å²) in [6.45, 7) is 4.08. The number of hydrogen-bond donors (Lipinski definition) is 1. The van der Waals surface area contributed by atoms with Crippen LogP contribution in [0, 0.1) is 11.3 Å². The third-order valence-electron chi connectivity index (χ3n) is 4.70. The molecular weight excluding hydrogens is 200 g/mol. The topological polar surface area (TPSA) is 29.5 Å². The highest BCUT2D eigenvalue weighted by molar-refractivity contribution is 4.86. The number of aliphatic hydroxyl groups excluding tert-OH is 1. The van der Waals surface area contributed by atoms with E-state index in [1.165, 1.54) is 32.1 Å². The van der Waals surface area contributed by atoms with Gasteiger partial charge in [0.05, 0.1) is 6.10 Å². The lowest BCUT2D eigenvalue weighted by atomic mass is 9.69. The number of hydrogen-bond acceptors (Lipinski definition) is 2. The van der Waals surface area contributed by atoms with Crippen molar-refractivity contribution >= 4 is 0 Å². The maximum Gasteiger partial charge on any atom is 0.0596 e. The molecule has 1 atom stereocenters. The summed E-state index contributed by atoms with van der Waals surface area (Å²) in [5.74, 6) is 0.697. The van der Waals surface area contributed by atoms with E-state index in [2.05, 4.69) is 6.92 Å². The first-order chi connectivity index (χ1) is 7.71. The third kappa shape index (κ3) is 2.98. The monoisotopic (exact) mass is 226 g/mol. The van der Waals surface area contributed by atoms with Crippen LogP contribution in [0.3, 0.4) is 0 Å². The summed E-state index contributed by atoms with van der Waals surface area (Å²) in [6.07, 6.45) is 9.62. The molecule has 1 aliphatic heterocycles. The summed E-state index contributed by atoms with van der Waals surface area (Å²) in [6, 6.07) is 0. The average Bonchev–Trinajstić information content (AvgIpc) is 2.31. The van der Waals surface area contributed by atoms with Crippen LogP contribution in [0.4, 0.5) is 0 Å². The quantitative estimate of drug-likeness (QED) is 0.801. The van der Waals surface area contributed by atoms with Gasteiger partial charge in [-0.05, 0) is 43.4 Å². The fraction of sp³-hybridized carbons (Fsp3) is 1.00.